The van der Waals surface area contributed by atoms with Crippen LogP contribution in [0.4, 0.5) is 0 Å². The summed E-state index contributed by atoms with van der Waals surface area (Å²) in [5.74, 6) is 2.40. The predicted molar refractivity (Wildman–Crippen MR) is 45.2 cm³/mol. The van der Waals surface area contributed by atoms with Crippen LogP contribution >= 0.6 is 0 Å². The summed E-state index contributed by atoms with van der Waals surface area (Å²) in [6.45, 7) is 5.19. The van der Waals surface area contributed by atoms with Gasteiger partial charge < -0.3 is 5.11 Å². The predicted octanol–water partition coefficient (Wildman–Crippen LogP) is 2.05. The zero-order valence-electron chi connectivity index (χ0n) is 7.51. The first kappa shape index (κ1) is 7.60. The number of fused-ring (bicyclic) bond motifs is 2. The van der Waals surface area contributed by atoms with Crippen LogP contribution in [-0.4, -0.2) is 11.7 Å². The quantitative estimate of drug-likeness (QED) is 0.613. The van der Waals surface area contributed by atoms with Gasteiger partial charge in [-0.1, -0.05) is 13.8 Å². The molecule has 1 nitrogen and oxygen atoms in total. The van der Waals surface area contributed by atoms with Crippen molar-refractivity contribution in [3.63, 3.8) is 0 Å². The number of aliphatic hydroxyl groups is 1. The minimum Gasteiger partial charge on any atom is -0.396 e. The maximum absolute atomic E-state index is 9.06. The van der Waals surface area contributed by atoms with E-state index in [4.69, 9.17) is 5.11 Å². The standard InChI is InChI=1S/C10H18O/c1-10(2)5-7-3-9(10)4-8(7)6-11/h7-9,11H,3-6H2,1-2H3. The van der Waals surface area contributed by atoms with Gasteiger partial charge in [-0.25, -0.2) is 0 Å². The third-order valence-electron chi connectivity index (χ3n) is 3.97. The second-order valence-corrected chi connectivity index (χ2v) is 5.06. The van der Waals surface area contributed by atoms with Crippen LogP contribution in [0.1, 0.15) is 33.1 Å². The maximum atomic E-state index is 9.06. The molecule has 0 amide bonds. The SMILES string of the molecule is CC1(C)CC2CC1CC2CO. The molecule has 0 aliphatic heterocycles. The van der Waals surface area contributed by atoms with Crippen molar-refractivity contribution >= 4 is 0 Å². The highest BCUT2D eigenvalue weighted by Crippen LogP contribution is 2.57. The lowest BCUT2D eigenvalue weighted by Gasteiger charge is -2.33. The molecule has 0 aromatic rings. The van der Waals surface area contributed by atoms with Crippen LogP contribution in [0.5, 0.6) is 0 Å². The summed E-state index contributed by atoms with van der Waals surface area (Å²) in [6, 6.07) is 0. The van der Waals surface area contributed by atoms with Gasteiger partial charge in [-0.15, -0.1) is 0 Å². The van der Waals surface area contributed by atoms with Crippen LogP contribution < -0.4 is 0 Å². The molecule has 2 aliphatic rings. The zero-order valence-corrected chi connectivity index (χ0v) is 7.51. The summed E-state index contributed by atoms with van der Waals surface area (Å²) in [5, 5.41) is 9.06. The van der Waals surface area contributed by atoms with Crippen LogP contribution in [0, 0.1) is 23.2 Å². The van der Waals surface area contributed by atoms with Crippen molar-refractivity contribution in [2.24, 2.45) is 23.2 Å². The summed E-state index contributed by atoms with van der Waals surface area (Å²) in [6.07, 6.45) is 4.02. The lowest BCUT2D eigenvalue weighted by Crippen LogP contribution is -2.26. The minimum absolute atomic E-state index is 0.428. The molecule has 1 heteroatoms. The van der Waals surface area contributed by atoms with Crippen molar-refractivity contribution in [3.8, 4) is 0 Å². The highest BCUT2D eigenvalue weighted by atomic mass is 16.3. The summed E-state index contributed by atoms with van der Waals surface area (Å²) in [5.41, 5.74) is 0.580. The number of hydrogen-bond donors (Lipinski definition) is 1. The fourth-order valence-electron chi connectivity index (χ4n) is 3.17. The first-order valence-electron chi connectivity index (χ1n) is 4.74. The van der Waals surface area contributed by atoms with E-state index in [9.17, 15) is 0 Å². The maximum Gasteiger partial charge on any atom is 0.0462 e. The molecule has 3 atom stereocenters. The highest BCUT2D eigenvalue weighted by molar-refractivity contribution is 4.99. The molecule has 2 rings (SSSR count). The Hall–Kier alpha value is -0.0400. The van der Waals surface area contributed by atoms with Gasteiger partial charge in [-0.2, -0.15) is 0 Å². The highest BCUT2D eigenvalue weighted by Gasteiger charge is 2.49. The Morgan fingerprint density at radius 1 is 1.36 bits per heavy atom. The van der Waals surface area contributed by atoms with Crippen LogP contribution in [0.25, 0.3) is 0 Å². The van der Waals surface area contributed by atoms with E-state index in [1.165, 1.54) is 19.3 Å². The average Bonchev–Trinajstić information content (AvgIpc) is 2.41. The van der Waals surface area contributed by atoms with E-state index >= 15 is 0 Å². The van der Waals surface area contributed by atoms with Crippen LogP contribution in [0.3, 0.4) is 0 Å². The Balaban J connectivity index is 2.08. The molecule has 2 aliphatic carbocycles. The first-order valence-corrected chi connectivity index (χ1v) is 4.74. The molecule has 0 aromatic carbocycles. The Morgan fingerprint density at radius 2 is 2.09 bits per heavy atom. The van der Waals surface area contributed by atoms with Gasteiger partial charge in [0.1, 0.15) is 0 Å². The lowest BCUT2D eigenvalue weighted by molar-refractivity contribution is 0.120. The van der Waals surface area contributed by atoms with Gasteiger partial charge in [-0.05, 0) is 42.4 Å². The fraction of sp³-hybridized carbons (Fsp3) is 1.00. The molecule has 0 radical (unpaired) electrons. The molecule has 3 unspecified atom stereocenters. The minimum atomic E-state index is 0.428. The summed E-state index contributed by atoms with van der Waals surface area (Å²) >= 11 is 0. The smallest absolute Gasteiger partial charge is 0.0462 e. The van der Waals surface area contributed by atoms with Crippen molar-refractivity contribution in [3.05, 3.63) is 0 Å². The normalized spacial score (nSPS) is 46.6. The number of hydrogen-bond acceptors (Lipinski definition) is 1. The topological polar surface area (TPSA) is 20.2 Å². The van der Waals surface area contributed by atoms with E-state index in [-0.39, 0.29) is 0 Å². The Bertz CT molecular complexity index is 162. The van der Waals surface area contributed by atoms with Gasteiger partial charge in [0.2, 0.25) is 0 Å². The van der Waals surface area contributed by atoms with Crippen molar-refractivity contribution in [2.45, 2.75) is 33.1 Å². The second kappa shape index (κ2) is 2.22. The van der Waals surface area contributed by atoms with E-state index in [1.807, 2.05) is 0 Å². The van der Waals surface area contributed by atoms with Crippen molar-refractivity contribution < 1.29 is 5.11 Å². The van der Waals surface area contributed by atoms with Gasteiger partial charge in [-0.3, -0.25) is 0 Å². The third kappa shape index (κ3) is 1.01. The average molecular weight is 154 g/mol. The molecule has 2 fully saturated rings. The van der Waals surface area contributed by atoms with Crippen LogP contribution in [-0.2, 0) is 0 Å². The van der Waals surface area contributed by atoms with Gasteiger partial charge in [0.05, 0.1) is 0 Å². The number of aliphatic hydroxyl groups excluding tert-OH is 1. The molecule has 2 saturated carbocycles. The van der Waals surface area contributed by atoms with Gasteiger partial charge >= 0.3 is 0 Å². The molecule has 0 spiro atoms. The molecule has 64 valence electrons. The lowest BCUT2D eigenvalue weighted by atomic mass is 9.73. The van der Waals surface area contributed by atoms with E-state index in [0.717, 1.165) is 11.8 Å². The number of rotatable bonds is 1. The van der Waals surface area contributed by atoms with Gasteiger partial charge in [0.15, 0.2) is 0 Å². The van der Waals surface area contributed by atoms with Crippen molar-refractivity contribution in [1.82, 2.24) is 0 Å². The first-order chi connectivity index (χ1) is 5.13. The molecule has 11 heavy (non-hydrogen) atoms. The third-order valence-corrected chi connectivity index (χ3v) is 3.97. The van der Waals surface area contributed by atoms with E-state index in [0.29, 0.717) is 17.9 Å². The fourth-order valence-corrected chi connectivity index (χ4v) is 3.17. The summed E-state index contributed by atoms with van der Waals surface area (Å²) in [7, 11) is 0. The van der Waals surface area contributed by atoms with Gasteiger partial charge in [0, 0.05) is 6.61 Å². The summed E-state index contributed by atoms with van der Waals surface area (Å²) in [4.78, 5) is 0. The largest absolute Gasteiger partial charge is 0.396 e. The molecular formula is C10H18O. The van der Waals surface area contributed by atoms with Crippen LogP contribution in [0.15, 0.2) is 0 Å². The van der Waals surface area contributed by atoms with Crippen molar-refractivity contribution in [2.75, 3.05) is 6.61 Å². The zero-order chi connectivity index (χ0) is 8.06. The summed E-state index contributed by atoms with van der Waals surface area (Å²) < 4.78 is 0. The molecule has 0 heterocycles. The van der Waals surface area contributed by atoms with Crippen molar-refractivity contribution in [1.29, 1.82) is 0 Å². The van der Waals surface area contributed by atoms with E-state index in [1.54, 1.807) is 0 Å². The van der Waals surface area contributed by atoms with E-state index < -0.39 is 0 Å². The van der Waals surface area contributed by atoms with E-state index in [2.05, 4.69) is 13.8 Å². The Labute approximate surface area is 68.8 Å². The molecular weight excluding hydrogens is 136 g/mol. The molecule has 2 bridgehead atoms. The van der Waals surface area contributed by atoms with Gasteiger partial charge in [0.25, 0.3) is 0 Å². The monoisotopic (exact) mass is 154 g/mol. The second-order valence-electron chi connectivity index (χ2n) is 5.06. The van der Waals surface area contributed by atoms with Crippen LogP contribution in [0.2, 0.25) is 0 Å². The Morgan fingerprint density at radius 3 is 2.45 bits per heavy atom. The molecule has 1 N–H and O–H groups in total. The Kier molecular flexibility index (Phi) is 1.54. The molecule has 0 aromatic heterocycles. The molecule has 0 saturated heterocycles.